The number of nitrogens with two attached hydrogens (primary N) is 1. The van der Waals surface area contributed by atoms with Gasteiger partial charge < -0.3 is 10.2 Å². The first-order valence-corrected chi connectivity index (χ1v) is 5.24. The molecule has 1 aromatic carbocycles. The van der Waals surface area contributed by atoms with E-state index >= 15 is 0 Å². The van der Waals surface area contributed by atoms with Crippen molar-refractivity contribution in [2.24, 2.45) is 0 Å². The monoisotopic (exact) mass is 281 g/mol. The number of hydrogen-bond donors (Lipinski definition) is 2. The van der Waals surface area contributed by atoms with Crippen LogP contribution in [-0.2, 0) is 0 Å². The van der Waals surface area contributed by atoms with Crippen LogP contribution in [0, 0.1) is 22.9 Å². The number of nitrogens with one attached hydrogen (secondary N) is 1. The van der Waals surface area contributed by atoms with Crippen LogP contribution in [0.25, 0.3) is 0 Å². The van der Waals surface area contributed by atoms with E-state index in [1.807, 2.05) is 0 Å². The van der Waals surface area contributed by atoms with Crippen LogP contribution in [0.3, 0.4) is 0 Å². The average Bonchev–Trinajstić information content (AvgIpc) is 2.74. The summed E-state index contributed by atoms with van der Waals surface area (Å²) in [6.07, 6.45) is 0. The van der Waals surface area contributed by atoms with Gasteiger partial charge in [-0.05, 0) is 6.07 Å². The fraction of sp³-hybridized carbons (Fsp3) is 0.100. The van der Waals surface area contributed by atoms with Gasteiger partial charge >= 0.3 is 6.01 Å². The molecule has 0 radical (unpaired) electrons. The van der Waals surface area contributed by atoms with Gasteiger partial charge in [-0.3, -0.25) is 20.2 Å². The first-order valence-electron chi connectivity index (χ1n) is 5.24. The fourth-order valence-corrected chi connectivity index (χ4v) is 1.48. The van der Waals surface area contributed by atoms with Crippen molar-refractivity contribution in [3.05, 3.63) is 39.5 Å². The minimum atomic E-state index is -1.02. The number of halogens is 1. The molecule has 0 unspecified atom stereocenters. The Morgan fingerprint density at radius 3 is 2.75 bits per heavy atom. The second-order valence-electron chi connectivity index (χ2n) is 3.69. The zero-order chi connectivity index (χ0) is 14.9. The molecule has 9 nitrogen and oxygen atoms in total. The van der Waals surface area contributed by atoms with Crippen molar-refractivity contribution in [2.75, 3.05) is 11.1 Å². The molecule has 0 aliphatic carbocycles. The Bertz CT molecular complexity index is 699. The lowest BCUT2D eigenvalue weighted by Crippen LogP contribution is -2.17. The van der Waals surface area contributed by atoms with Gasteiger partial charge in [0.2, 0.25) is 5.89 Å². The van der Waals surface area contributed by atoms with Crippen molar-refractivity contribution in [1.29, 1.82) is 0 Å². The van der Waals surface area contributed by atoms with Gasteiger partial charge in [0.25, 0.3) is 11.6 Å². The lowest BCUT2D eigenvalue weighted by molar-refractivity contribution is -0.384. The highest BCUT2D eigenvalue weighted by molar-refractivity contribution is 6.08. The molecule has 1 aromatic heterocycles. The molecule has 3 N–H and O–H groups in total. The number of nitro benzene ring substituents is 1. The van der Waals surface area contributed by atoms with Crippen LogP contribution in [0.2, 0.25) is 0 Å². The number of aryl methyl sites for hydroxylation is 1. The maximum absolute atomic E-state index is 13.6. The summed E-state index contributed by atoms with van der Waals surface area (Å²) in [6.45, 7) is 1.49. The first-order chi connectivity index (χ1) is 9.40. The Balaban J connectivity index is 2.38. The predicted octanol–water partition coefficient (Wildman–Crippen LogP) is 1.26. The van der Waals surface area contributed by atoms with Gasteiger partial charge in [0.15, 0.2) is 0 Å². The second-order valence-corrected chi connectivity index (χ2v) is 3.69. The lowest BCUT2D eigenvalue weighted by atomic mass is 10.1. The summed E-state index contributed by atoms with van der Waals surface area (Å²) < 4.78 is 18.5. The summed E-state index contributed by atoms with van der Waals surface area (Å²) in [5.74, 6) is -1.83. The quantitative estimate of drug-likeness (QED) is 0.490. The van der Waals surface area contributed by atoms with Gasteiger partial charge in [-0.2, -0.15) is 0 Å². The zero-order valence-electron chi connectivity index (χ0n) is 10.1. The summed E-state index contributed by atoms with van der Waals surface area (Å²) in [4.78, 5) is 21.7. The summed E-state index contributed by atoms with van der Waals surface area (Å²) in [5.41, 5.74) is 3.63. The smallest absolute Gasteiger partial charge is 0.322 e. The highest BCUT2D eigenvalue weighted by Gasteiger charge is 2.24. The Labute approximate surface area is 110 Å². The van der Waals surface area contributed by atoms with E-state index < -0.39 is 33.6 Å². The van der Waals surface area contributed by atoms with Crippen LogP contribution in [-0.4, -0.2) is 21.0 Å². The number of aromatic nitrogens is 2. The Kier molecular flexibility index (Phi) is 3.29. The molecular formula is C10H8FN5O4. The molecule has 2 rings (SSSR count). The Morgan fingerprint density at radius 2 is 2.20 bits per heavy atom. The summed E-state index contributed by atoms with van der Waals surface area (Å²) in [5, 5.41) is 19.7. The standard InChI is InChI=1S/C10H8FN5O4/c1-4-14-15-10(20-4)13-9(17)7-5(11)2-3-6(8(7)12)16(18)19/h2-3H,12H2,1H3,(H,13,15,17). The normalized spacial score (nSPS) is 10.3. The predicted molar refractivity (Wildman–Crippen MR) is 64.5 cm³/mol. The molecule has 0 saturated carbocycles. The molecule has 20 heavy (non-hydrogen) atoms. The van der Waals surface area contributed by atoms with E-state index in [1.165, 1.54) is 6.92 Å². The van der Waals surface area contributed by atoms with Crippen molar-refractivity contribution in [1.82, 2.24) is 10.2 Å². The van der Waals surface area contributed by atoms with Gasteiger partial charge in [0, 0.05) is 13.0 Å². The topological polar surface area (TPSA) is 137 Å². The molecule has 0 spiro atoms. The second kappa shape index (κ2) is 4.91. The minimum Gasteiger partial charge on any atom is -0.408 e. The number of benzene rings is 1. The average molecular weight is 281 g/mol. The molecule has 0 atom stereocenters. The molecule has 2 aromatic rings. The van der Waals surface area contributed by atoms with Crippen molar-refractivity contribution in [3.63, 3.8) is 0 Å². The van der Waals surface area contributed by atoms with Gasteiger partial charge in [-0.1, -0.05) is 5.10 Å². The van der Waals surface area contributed by atoms with Crippen molar-refractivity contribution in [3.8, 4) is 0 Å². The molecule has 0 aliphatic rings. The van der Waals surface area contributed by atoms with E-state index in [0.29, 0.717) is 0 Å². The molecule has 1 heterocycles. The third-order valence-electron chi connectivity index (χ3n) is 2.34. The van der Waals surface area contributed by atoms with E-state index in [9.17, 15) is 19.3 Å². The number of anilines is 2. The summed E-state index contributed by atoms with van der Waals surface area (Å²) in [7, 11) is 0. The third kappa shape index (κ3) is 2.39. The minimum absolute atomic E-state index is 0.188. The van der Waals surface area contributed by atoms with Crippen LogP contribution < -0.4 is 11.1 Å². The number of nitrogens with zero attached hydrogens (tertiary/aromatic N) is 3. The van der Waals surface area contributed by atoms with Crippen LogP contribution in [0.15, 0.2) is 16.5 Å². The van der Waals surface area contributed by atoms with Gasteiger partial charge in [-0.25, -0.2) is 4.39 Å². The van der Waals surface area contributed by atoms with Crippen LogP contribution in [0.4, 0.5) is 21.8 Å². The number of carbonyl (C=O) groups is 1. The molecule has 0 aliphatic heterocycles. The molecule has 0 bridgehead atoms. The first kappa shape index (κ1) is 13.4. The molecular weight excluding hydrogens is 273 g/mol. The van der Waals surface area contributed by atoms with Crippen LogP contribution >= 0.6 is 0 Å². The Hall–Kier alpha value is -3.04. The molecule has 10 heteroatoms. The number of hydrogen-bond acceptors (Lipinski definition) is 7. The Morgan fingerprint density at radius 1 is 1.50 bits per heavy atom. The lowest BCUT2D eigenvalue weighted by Gasteiger charge is -2.06. The van der Waals surface area contributed by atoms with Crippen molar-refractivity contribution >= 4 is 23.3 Å². The van der Waals surface area contributed by atoms with Gasteiger partial charge in [-0.15, -0.1) is 5.10 Å². The summed E-state index contributed by atoms with van der Waals surface area (Å²) in [6, 6.07) is 1.39. The van der Waals surface area contributed by atoms with Crippen LogP contribution in [0.5, 0.6) is 0 Å². The van der Waals surface area contributed by atoms with E-state index in [0.717, 1.165) is 12.1 Å². The van der Waals surface area contributed by atoms with Crippen molar-refractivity contribution in [2.45, 2.75) is 6.92 Å². The molecule has 104 valence electrons. The van der Waals surface area contributed by atoms with E-state index in [4.69, 9.17) is 10.2 Å². The molecule has 0 fully saturated rings. The molecule has 1 amide bonds. The number of nitrogen functional groups attached to an aromatic ring is 1. The largest absolute Gasteiger partial charge is 0.408 e. The highest BCUT2D eigenvalue weighted by Crippen LogP contribution is 2.27. The summed E-state index contributed by atoms with van der Waals surface area (Å²) >= 11 is 0. The van der Waals surface area contributed by atoms with Crippen molar-refractivity contribution < 1.29 is 18.5 Å². The number of carbonyl (C=O) groups excluding carboxylic acids is 1. The third-order valence-corrected chi connectivity index (χ3v) is 2.34. The molecule has 0 saturated heterocycles. The van der Waals surface area contributed by atoms with Gasteiger partial charge in [0.1, 0.15) is 17.1 Å². The number of amides is 1. The number of rotatable bonds is 3. The SMILES string of the molecule is Cc1nnc(NC(=O)c2c(F)ccc([N+](=O)[O-])c2N)o1. The zero-order valence-corrected chi connectivity index (χ0v) is 10.1. The van der Waals surface area contributed by atoms with Gasteiger partial charge in [0.05, 0.1) is 4.92 Å². The van der Waals surface area contributed by atoms with E-state index in [-0.39, 0.29) is 11.9 Å². The maximum atomic E-state index is 13.6. The maximum Gasteiger partial charge on any atom is 0.322 e. The van der Waals surface area contributed by atoms with E-state index in [2.05, 4.69) is 15.5 Å². The highest BCUT2D eigenvalue weighted by atomic mass is 19.1. The number of nitro groups is 1. The fourth-order valence-electron chi connectivity index (χ4n) is 1.48. The van der Waals surface area contributed by atoms with Crippen LogP contribution in [0.1, 0.15) is 16.2 Å². The van der Waals surface area contributed by atoms with E-state index in [1.54, 1.807) is 0 Å².